The van der Waals surface area contributed by atoms with Crippen LogP contribution in [0, 0.1) is 0 Å². The van der Waals surface area contributed by atoms with Crippen LogP contribution in [0.25, 0.3) is 0 Å². The molecule has 0 saturated heterocycles. The van der Waals surface area contributed by atoms with Crippen molar-refractivity contribution < 1.29 is 35.3 Å². The molecule has 1 aliphatic heterocycles. The van der Waals surface area contributed by atoms with E-state index >= 15 is 0 Å². The normalized spacial score (nSPS) is 17.5. The van der Waals surface area contributed by atoms with Crippen LogP contribution in [-0.4, -0.2) is 20.7 Å². The lowest BCUT2D eigenvalue weighted by atomic mass is 10.2. The van der Waals surface area contributed by atoms with Gasteiger partial charge in [-0.15, -0.1) is 13.2 Å². The van der Waals surface area contributed by atoms with Gasteiger partial charge in [-0.1, -0.05) is 6.07 Å². The first kappa shape index (κ1) is 11.7. The molecule has 0 fully saturated rings. The van der Waals surface area contributed by atoms with Gasteiger partial charge in [0.2, 0.25) is 0 Å². The topological polar surface area (TPSA) is 69.7 Å². The van der Waals surface area contributed by atoms with Crippen molar-refractivity contribution in [2.45, 2.75) is 11.3 Å². The number of halogens is 3. The average molecular weight is 268 g/mol. The summed E-state index contributed by atoms with van der Waals surface area (Å²) in [5, 5.41) is 0. The first-order chi connectivity index (χ1) is 7.71. The van der Waals surface area contributed by atoms with Gasteiger partial charge in [-0.2, -0.15) is 8.42 Å². The maximum absolute atomic E-state index is 12.0. The summed E-state index contributed by atoms with van der Waals surface area (Å²) < 4.78 is 66.1. The molecule has 0 atom stereocenters. The highest BCUT2D eigenvalue weighted by molar-refractivity contribution is 7.87. The number of benzene rings is 1. The summed E-state index contributed by atoms with van der Waals surface area (Å²) in [4.78, 5) is 10.2. The average Bonchev–Trinajstić information content (AvgIpc) is 2.35. The number of rotatable bonds is 1. The third-order valence-corrected chi connectivity index (χ3v) is 3.15. The SMILES string of the molecule is O=C1OS(=O)(=O)c2c(OC(F)(F)F)cccc21. The van der Waals surface area contributed by atoms with Gasteiger partial charge in [-0.3, -0.25) is 0 Å². The second-order valence-electron chi connectivity index (χ2n) is 3.01. The molecule has 1 aliphatic rings. The predicted molar refractivity (Wildman–Crippen MR) is 45.7 cm³/mol. The van der Waals surface area contributed by atoms with E-state index in [0.29, 0.717) is 0 Å². The van der Waals surface area contributed by atoms with E-state index in [2.05, 4.69) is 8.92 Å². The number of ether oxygens (including phenoxy) is 1. The Balaban J connectivity index is 2.62. The fourth-order valence-electron chi connectivity index (χ4n) is 1.33. The number of alkyl halides is 3. The van der Waals surface area contributed by atoms with Crippen LogP contribution < -0.4 is 4.74 Å². The molecule has 1 aromatic carbocycles. The van der Waals surface area contributed by atoms with E-state index in [9.17, 15) is 26.4 Å². The third kappa shape index (κ3) is 2.05. The lowest BCUT2D eigenvalue weighted by Crippen LogP contribution is -2.18. The van der Waals surface area contributed by atoms with Crippen LogP contribution in [0.15, 0.2) is 23.1 Å². The van der Waals surface area contributed by atoms with Crippen molar-refractivity contribution in [2.24, 2.45) is 0 Å². The summed E-state index contributed by atoms with van der Waals surface area (Å²) in [5.74, 6) is -2.21. The minimum atomic E-state index is -5.06. The summed E-state index contributed by atoms with van der Waals surface area (Å²) in [6.07, 6.45) is -5.06. The van der Waals surface area contributed by atoms with Crippen molar-refractivity contribution in [3.05, 3.63) is 23.8 Å². The molecule has 0 unspecified atom stereocenters. The van der Waals surface area contributed by atoms with E-state index in [1.165, 1.54) is 0 Å². The maximum atomic E-state index is 12.0. The molecule has 0 spiro atoms. The van der Waals surface area contributed by atoms with Crippen LogP contribution in [0.3, 0.4) is 0 Å². The van der Waals surface area contributed by atoms with Gasteiger partial charge in [0.05, 0.1) is 5.56 Å². The van der Waals surface area contributed by atoms with Crippen LogP contribution >= 0.6 is 0 Å². The second kappa shape index (κ2) is 3.36. The van der Waals surface area contributed by atoms with Gasteiger partial charge in [-0.05, 0) is 12.1 Å². The van der Waals surface area contributed by atoms with E-state index in [1.54, 1.807) is 0 Å². The summed E-state index contributed by atoms with van der Waals surface area (Å²) in [6, 6.07) is 2.87. The van der Waals surface area contributed by atoms with E-state index in [4.69, 9.17) is 0 Å². The van der Waals surface area contributed by atoms with E-state index in [-0.39, 0.29) is 0 Å². The van der Waals surface area contributed by atoms with Gasteiger partial charge >= 0.3 is 22.4 Å². The van der Waals surface area contributed by atoms with Crippen molar-refractivity contribution in [3.63, 3.8) is 0 Å². The molecule has 0 aliphatic carbocycles. The highest BCUT2D eigenvalue weighted by Gasteiger charge is 2.42. The Morgan fingerprint density at radius 1 is 1.24 bits per heavy atom. The highest BCUT2D eigenvalue weighted by Crippen LogP contribution is 2.37. The molecule has 9 heteroatoms. The van der Waals surface area contributed by atoms with Crippen molar-refractivity contribution in [2.75, 3.05) is 0 Å². The van der Waals surface area contributed by atoms with E-state index in [1.807, 2.05) is 0 Å². The molecule has 1 aromatic rings. The molecule has 1 heterocycles. The molecule has 0 radical (unpaired) electrons. The van der Waals surface area contributed by atoms with Crippen LogP contribution in [0.5, 0.6) is 5.75 Å². The zero-order valence-corrected chi connectivity index (χ0v) is 8.63. The number of carbonyl (C=O) groups is 1. The molecular weight excluding hydrogens is 265 g/mol. The summed E-state index contributed by atoms with van der Waals surface area (Å²) in [5.41, 5.74) is -0.480. The Kier molecular flexibility index (Phi) is 2.31. The van der Waals surface area contributed by atoms with Gasteiger partial charge in [0.25, 0.3) is 0 Å². The standard InChI is InChI=1S/C8H3F3O5S/c9-8(10,11)15-5-3-1-2-4-6(5)17(13,14)16-7(4)12/h1-3H. The second-order valence-corrected chi connectivity index (χ2v) is 4.49. The molecule has 0 aromatic heterocycles. The lowest BCUT2D eigenvalue weighted by Gasteiger charge is -2.10. The molecule has 92 valence electrons. The van der Waals surface area contributed by atoms with E-state index < -0.39 is 38.7 Å². The largest absolute Gasteiger partial charge is 0.573 e. The fraction of sp³-hybridized carbons (Fsp3) is 0.125. The zero-order chi connectivity index (χ0) is 12.8. The summed E-state index contributed by atoms with van der Waals surface area (Å²) in [7, 11) is -4.53. The van der Waals surface area contributed by atoms with Crippen molar-refractivity contribution in [1.82, 2.24) is 0 Å². The summed E-state index contributed by atoms with van der Waals surface area (Å²) in [6.45, 7) is 0. The number of hydrogen-bond acceptors (Lipinski definition) is 5. The first-order valence-corrected chi connectivity index (χ1v) is 5.49. The van der Waals surface area contributed by atoms with E-state index in [0.717, 1.165) is 18.2 Å². The molecule has 0 saturated carbocycles. The van der Waals surface area contributed by atoms with Gasteiger partial charge < -0.3 is 8.92 Å². The molecule has 2 rings (SSSR count). The minimum absolute atomic E-state index is 0.480. The fourth-order valence-corrected chi connectivity index (χ4v) is 2.47. The predicted octanol–water partition coefficient (Wildman–Crippen LogP) is 1.44. The maximum Gasteiger partial charge on any atom is 0.573 e. The number of fused-ring (bicyclic) bond motifs is 1. The number of hydrogen-bond donors (Lipinski definition) is 0. The molecule has 0 N–H and O–H groups in total. The Hall–Kier alpha value is -1.77. The van der Waals surface area contributed by atoms with Gasteiger partial charge in [0, 0.05) is 0 Å². The van der Waals surface area contributed by atoms with Crippen molar-refractivity contribution in [3.8, 4) is 5.75 Å². The smallest absolute Gasteiger partial charge is 0.404 e. The van der Waals surface area contributed by atoms with Gasteiger partial charge in [-0.25, -0.2) is 4.79 Å². The van der Waals surface area contributed by atoms with Crippen LogP contribution in [0.4, 0.5) is 13.2 Å². The highest BCUT2D eigenvalue weighted by atomic mass is 32.2. The molecule has 17 heavy (non-hydrogen) atoms. The van der Waals surface area contributed by atoms with Crippen LogP contribution in [0.2, 0.25) is 0 Å². The van der Waals surface area contributed by atoms with Crippen LogP contribution in [-0.2, 0) is 14.3 Å². The number of carbonyl (C=O) groups excluding carboxylic acids is 1. The first-order valence-electron chi connectivity index (χ1n) is 4.08. The van der Waals surface area contributed by atoms with Gasteiger partial charge in [0.1, 0.15) is 0 Å². The Morgan fingerprint density at radius 3 is 2.47 bits per heavy atom. The Bertz CT molecular complexity index is 590. The zero-order valence-electron chi connectivity index (χ0n) is 7.82. The Labute approximate surface area is 92.9 Å². The van der Waals surface area contributed by atoms with Crippen molar-refractivity contribution in [1.29, 1.82) is 0 Å². The quantitative estimate of drug-likeness (QED) is 0.721. The monoisotopic (exact) mass is 268 g/mol. The van der Waals surface area contributed by atoms with Crippen molar-refractivity contribution >= 4 is 16.1 Å². The lowest BCUT2D eigenvalue weighted by molar-refractivity contribution is -0.275. The van der Waals surface area contributed by atoms with Gasteiger partial charge in [0.15, 0.2) is 10.6 Å². The minimum Gasteiger partial charge on any atom is -0.404 e. The molecule has 0 bridgehead atoms. The Morgan fingerprint density at radius 2 is 1.88 bits per heavy atom. The van der Waals surface area contributed by atoms with Crippen LogP contribution in [0.1, 0.15) is 10.4 Å². The molecule has 5 nitrogen and oxygen atoms in total. The third-order valence-electron chi connectivity index (χ3n) is 1.86. The molecular formula is C8H3F3O5S. The summed E-state index contributed by atoms with van der Waals surface area (Å²) >= 11 is 0. The molecule has 0 amide bonds.